The Morgan fingerprint density at radius 3 is 2.90 bits per heavy atom. The van der Waals surface area contributed by atoms with Gasteiger partial charge in [0.2, 0.25) is 0 Å². The predicted octanol–water partition coefficient (Wildman–Crippen LogP) is 1.89. The van der Waals surface area contributed by atoms with Crippen molar-refractivity contribution in [2.45, 2.75) is 44.9 Å². The van der Waals surface area contributed by atoms with Crippen LogP contribution in [0.1, 0.15) is 25.3 Å². The first-order valence-corrected chi connectivity index (χ1v) is 7.40. The highest BCUT2D eigenvalue weighted by Gasteiger charge is 2.29. The van der Waals surface area contributed by atoms with Crippen molar-refractivity contribution in [1.82, 2.24) is 5.32 Å². The van der Waals surface area contributed by atoms with Crippen LogP contribution in [0.4, 0.5) is 0 Å². The Bertz CT molecular complexity index is 404. The molecule has 0 amide bonds. The van der Waals surface area contributed by atoms with Crippen molar-refractivity contribution in [2.75, 3.05) is 19.8 Å². The first-order chi connectivity index (χ1) is 9.67. The minimum atomic E-state index is -0.485. The molecular weight excluding hydrogens is 254 g/mol. The lowest BCUT2D eigenvalue weighted by molar-refractivity contribution is -0.0134. The first-order valence-electron chi connectivity index (χ1n) is 7.40. The molecule has 1 atom stereocenters. The van der Waals surface area contributed by atoms with Gasteiger partial charge in [-0.2, -0.15) is 0 Å². The number of benzene rings is 1. The van der Waals surface area contributed by atoms with E-state index in [0.717, 1.165) is 30.8 Å². The van der Waals surface area contributed by atoms with E-state index in [2.05, 4.69) is 5.32 Å². The Morgan fingerprint density at radius 2 is 2.20 bits per heavy atom. The third-order valence-electron chi connectivity index (χ3n) is 3.57. The molecule has 20 heavy (non-hydrogen) atoms. The van der Waals surface area contributed by atoms with Crippen LogP contribution in [0.5, 0.6) is 5.75 Å². The minimum absolute atomic E-state index is 0.318. The second-order valence-electron chi connectivity index (χ2n) is 5.44. The third kappa shape index (κ3) is 4.78. The van der Waals surface area contributed by atoms with Gasteiger partial charge in [0, 0.05) is 19.2 Å². The number of ether oxygens (including phenoxy) is 2. The SMILES string of the molecule is CCOC1CC(NCC(O)COc2cccc(C)c2)C1. The molecule has 0 radical (unpaired) electrons. The van der Waals surface area contributed by atoms with Crippen molar-refractivity contribution in [3.05, 3.63) is 29.8 Å². The number of aryl methyl sites for hydroxylation is 1. The molecule has 0 bridgehead atoms. The molecule has 0 aliphatic heterocycles. The van der Waals surface area contributed by atoms with Gasteiger partial charge < -0.3 is 19.9 Å². The molecule has 0 spiro atoms. The van der Waals surface area contributed by atoms with Crippen LogP contribution < -0.4 is 10.1 Å². The molecule has 0 heterocycles. The maximum atomic E-state index is 9.90. The van der Waals surface area contributed by atoms with Gasteiger partial charge in [0.1, 0.15) is 18.5 Å². The normalized spacial score (nSPS) is 23.1. The molecule has 2 rings (SSSR count). The van der Waals surface area contributed by atoms with Crippen molar-refractivity contribution in [3.63, 3.8) is 0 Å². The maximum Gasteiger partial charge on any atom is 0.119 e. The highest BCUT2D eigenvalue weighted by atomic mass is 16.5. The fraction of sp³-hybridized carbons (Fsp3) is 0.625. The van der Waals surface area contributed by atoms with Gasteiger partial charge in [-0.25, -0.2) is 0 Å². The fourth-order valence-corrected chi connectivity index (χ4v) is 2.36. The molecular formula is C16H25NO3. The van der Waals surface area contributed by atoms with Crippen LogP contribution >= 0.6 is 0 Å². The third-order valence-corrected chi connectivity index (χ3v) is 3.57. The maximum absolute atomic E-state index is 9.90. The van der Waals surface area contributed by atoms with Gasteiger partial charge in [-0.3, -0.25) is 0 Å². The molecule has 4 heteroatoms. The second kappa shape index (κ2) is 7.62. The fourth-order valence-electron chi connectivity index (χ4n) is 2.36. The number of hydrogen-bond donors (Lipinski definition) is 2. The van der Waals surface area contributed by atoms with Gasteiger partial charge in [0.05, 0.1) is 6.10 Å². The highest BCUT2D eigenvalue weighted by molar-refractivity contribution is 5.27. The van der Waals surface area contributed by atoms with E-state index in [9.17, 15) is 5.11 Å². The lowest BCUT2D eigenvalue weighted by Crippen LogP contribution is -2.48. The van der Waals surface area contributed by atoms with E-state index in [0.29, 0.717) is 25.3 Å². The molecule has 1 unspecified atom stereocenters. The lowest BCUT2D eigenvalue weighted by Gasteiger charge is -2.36. The van der Waals surface area contributed by atoms with Gasteiger partial charge in [-0.1, -0.05) is 12.1 Å². The van der Waals surface area contributed by atoms with E-state index in [4.69, 9.17) is 9.47 Å². The Kier molecular flexibility index (Phi) is 5.83. The van der Waals surface area contributed by atoms with Crippen LogP contribution in [0, 0.1) is 6.92 Å². The van der Waals surface area contributed by atoms with Crippen molar-refractivity contribution >= 4 is 0 Å². The first kappa shape index (κ1) is 15.3. The van der Waals surface area contributed by atoms with Crippen molar-refractivity contribution in [3.8, 4) is 5.75 Å². The second-order valence-corrected chi connectivity index (χ2v) is 5.44. The van der Waals surface area contributed by atoms with Crippen molar-refractivity contribution in [1.29, 1.82) is 0 Å². The molecule has 4 nitrogen and oxygen atoms in total. The summed E-state index contributed by atoms with van der Waals surface area (Å²) in [6, 6.07) is 8.33. The van der Waals surface area contributed by atoms with Gasteiger partial charge in [-0.05, 0) is 44.4 Å². The van der Waals surface area contributed by atoms with Gasteiger partial charge >= 0.3 is 0 Å². The summed E-state index contributed by atoms with van der Waals surface area (Å²) in [6.45, 7) is 5.71. The average molecular weight is 279 g/mol. The molecule has 112 valence electrons. The smallest absolute Gasteiger partial charge is 0.119 e. The summed E-state index contributed by atoms with van der Waals surface area (Å²) in [5, 5.41) is 13.2. The molecule has 2 N–H and O–H groups in total. The van der Waals surface area contributed by atoms with Crippen molar-refractivity contribution < 1.29 is 14.6 Å². The standard InChI is InChI=1S/C16H25NO3/c1-3-19-16-8-13(9-16)17-10-14(18)11-20-15-6-4-5-12(2)7-15/h4-7,13-14,16-18H,3,8-11H2,1-2H3. The van der Waals surface area contributed by atoms with Crippen LogP contribution in [0.2, 0.25) is 0 Å². The summed E-state index contributed by atoms with van der Waals surface area (Å²) in [6.07, 6.45) is 2.00. The Balaban J connectivity index is 1.58. The lowest BCUT2D eigenvalue weighted by atomic mass is 9.89. The molecule has 0 saturated heterocycles. The highest BCUT2D eigenvalue weighted by Crippen LogP contribution is 2.23. The molecule has 1 fully saturated rings. The van der Waals surface area contributed by atoms with Crippen LogP contribution in [0.3, 0.4) is 0 Å². The largest absolute Gasteiger partial charge is 0.491 e. The number of hydrogen-bond acceptors (Lipinski definition) is 4. The molecule has 0 aromatic heterocycles. The summed E-state index contributed by atoms with van der Waals surface area (Å²) < 4.78 is 11.1. The minimum Gasteiger partial charge on any atom is -0.491 e. The molecule has 1 aromatic rings. The van der Waals surface area contributed by atoms with Gasteiger partial charge in [-0.15, -0.1) is 0 Å². The van der Waals surface area contributed by atoms with E-state index in [1.807, 2.05) is 38.1 Å². The van der Waals surface area contributed by atoms with Crippen LogP contribution in [-0.2, 0) is 4.74 Å². The summed E-state index contributed by atoms with van der Waals surface area (Å²) >= 11 is 0. The number of aliphatic hydroxyl groups excluding tert-OH is 1. The molecule has 1 aromatic carbocycles. The monoisotopic (exact) mass is 279 g/mol. The molecule has 1 aliphatic carbocycles. The van der Waals surface area contributed by atoms with E-state index >= 15 is 0 Å². The van der Waals surface area contributed by atoms with Gasteiger partial charge in [0.15, 0.2) is 0 Å². The quantitative estimate of drug-likeness (QED) is 0.763. The molecule has 1 saturated carbocycles. The summed E-state index contributed by atoms with van der Waals surface area (Å²) in [7, 11) is 0. The van der Waals surface area contributed by atoms with Crippen LogP contribution in [-0.4, -0.2) is 43.1 Å². The van der Waals surface area contributed by atoms with Crippen molar-refractivity contribution in [2.24, 2.45) is 0 Å². The van der Waals surface area contributed by atoms with Crippen LogP contribution in [0.25, 0.3) is 0 Å². The predicted molar refractivity (Wildman–Crippen MR) is 79.1 cm³/mol. The Labute approximate surface area is 121 Å². The average Bonchev–Trinajstić information content (AvgIpc) is 2.39. The van der Waals surface area contributed by atoms with Gasteiger partial charge in [0.25, 0.3) is 0 Å². The Morgan fingerprint density at radius 1 is 1.40 bits per heavy atom. The summed E-state index contributed by atoms with van der Waals surface area (Å²) in [5.41, 5.74) is 1.16. The number of rotatable bonds is 8. The summed E-state index contributed by atoms with van der Waals surface area (Å²) in [5.74, 6) is 0.809. The topological polar surface area (TPSA) is 50.7 Å². The van der Waals surface area contributed by atoms with E-state index in [1.54, 1.807) is 0 Å². The number of nitrogens with one attached hydrogen (secondary N) is 1. The van der Waals surface area contributed by atoms with E-state index < -0.39 is 6.10 Å². The zero-order chi connectivity index (χ0) is 14.4. The zero-order valence-electron chi connectivity index (χ0n) is 12.3. The van der Waals surface area contributed by atoms with E-state index in [1.165, 1.54) is 0 Å². The Hall–Kier alpha value is -1.10. The van der Waals surface area contributed by atoms with E-state index in [-0.39, 0.29) is 0 Å². The number of aliphatic hydroxyl groups is 1. The summed E-state index contributed by atoms with van der Waals surface area (Å²) in [4.78, 5) is 0. The zero-order valence-corrected chi connectivity index (χ0v) is 12.3. The molecule has 1 aliphatic rings. The van der Waals surface area contributed by atoms with Crippen LogP contribution in [0.15, 0.2) is 24.3 Å².